The molecule has 0 nitrogen and oxygen atoms in total. The minimum Gasteiger partial charge on any atom is -0.162 e. The van der Waals surface area contributed by atoms with E-state index in [-0.39, 0.29) is 0 Å². The van der Waals surface area contributed by atoms with E-state index in [1.807, 2.05) is 0 Å². The molecule has 1 unspecified atom stereocenters. The van der Waals surface area contributed by atoms with Gasteiger partial charge in [-0.1, -0.05) is 13.3 Å². The van der Waals surface area contributed by atoms with Gasteiger partial charge in [-0.2, -0.15) is 11.8 Å². The highest BCUT2D eigenvalue weighted by molar-refractivity contribution is 7.99. The van der Waals surface area contributed by atoms with Crippen LogP contribution in [0.3, 0.4) is 0 Å². The second kappa shape index (κ2) is 3.39. The van der Waals surface area contributed by atoms with Gasteiger partial charge >= 0.3 is 0 Å². The van der Waals surface area contributed by atoms with E-state index < -0.39 is 0 Å². The quantitative estimate of drug-likeness (QED) is 0.551. The Morgan fingerprint density at radius 3 is 3.00 bits per heavy atom. The fourth-order valence-electron chi connectivity index (χ4n) is 1.10. The summed E-state index contributed by atoms with van der Waals surface area (Å²) in [7, 11) is 0. The van der Waals surface area contributed by atoms with Crippen molar-refractivity contribution >= 4 is 11.8 Å². The Labute approximate surface area is 56.0 Å². The maximum atomic E-state index is 3.84. The maximum absolute atomic E-state index is 3.84. The minimum atomic E-state index is 1.01. The standard InChI is InChI=1S/C7H13S/c1-2-3-7-4-5-8-6-7/h7H,1-6H2. The Balaban J connectivity index is 2.06. The van der Waals surface area contributed by atoms with Gasteiger partial charge in [-0.05, 0) is 30.3 Å². The molecule has 8 heavy (non-hydrogen) atoms. The largest absolute Gasteiger partial charge is 0.162 e. The molecule has 0 amide bonds. The summed E-state index contributed by atoms with van der Waals surface area (Å²) in [5.74, 6) is 3.80. The van der Waals surface area contributed by atoms with E-state index in [4.69, 9.17) is 0 Å². The molecular weight excluding hydrogens is 116 g/mol. The van der Waals surface area contributed by atoms with Crippen LogP contribution >= 0.6 is 11.8 Å². The second-order valence-electron chi connectivity index (χ2n) is 2.37. The molecule has 0 aromatic rings. The molecule has 1 saturated heterocycles. The van der Waals surface area contributed by atoms with Gasteiger partial charge in [-0.3, -0.25) is 0 Å². The van der Waals surface area contributed by atoms with Gasteiger partial charge in [0.1, 0.15) is 0 Å². The summed E-state index contributed by atoms with van der Waals surface area (Å²) in [4.78, 5) is 0. The molecule has 47 valence electrons. The molecule has 1 rings (SSSR count). The van der Waals surface area contributed by atoms with E-state index >= 15 is 0 Å². The predicted octanol–water partition coefficient (Wildman–Crippen LogP) is 2.35. The molecule has 0 aromatic heterocycles. The molecule has 0 aliphatic carbocycles. The number of hydrogen-bond donors (Lipinski definition) is 0. The van der Waals surface area contributed by atoms with Crippen molar-refractivity contribution < 1.29 is 0 Å². The van der Waals surface area contributed by atoms with Crippen molar-refractivity contribution in [2.24, 2.45) is 5.92 Å². The van der Waals surface area contributed by atoms with Gasteiger partial charge in [0.25, 0.3) is 0 Å². The maximum Gasteiger partial charge on any atom is -0.00388 e. The van der Waals surface area contributed by atoms with Crippen LogP contribution in [0.25, 0.3) is 0 Å². The third-order valence-electron chi connectivity index (χ3n) is 1.64. The summed E-state index contributed by atoms with van der Waals surface area (Å²) in [6.07, 6.45) is 3.93. The Morgan fingerprint density at radius 1 is 1.62 bits per heavy atom. The summed E-state index contributed by atoms with van der Waals surface area (Å²) in [5.41, 5.74) is 0. The topological polar surface area (TPSA) is 0 Å². The summed E-state index contributed by atoms with van der Waals surface area (Å²) < 4.78 is 0. The van der Waals surface area contributed by atoms with Crippen LogP contribution in [-0.4, -0.2) is 11.5 Å². The van der Waals surface area contributed by atoms with Gasteiger partial charge in [0.15, 0.2) is 0 Å². The van der Waals surface area contributed by atoms with Gasteiger partial charge in [0, 0.05) is 0 Å². The highest BCUT2D eigenvalue weighted by atomic mass is 32.2. The molecule has 0 bridgehead atoms. The van der Waals surface area contributed by atoms with E-state index in [9.17, 15) is 0 Å². The van der Waals surface area contributed by atoms with Crippen molar-refractivity contribution in [1.29, 1.82) is 0 Å². The Bertz CT molecular complexity index is 55.4. The Kier molecular flexibility index (Phi) is 2.74. The van der Waals surface area contributed by atoms with Gasteiger partial charge < -0.3 is 0 Å². The van der Waals surface area contributed by atoms with Crippen molar-refractivity contribution in [3.05, 3.63) is 6.92 Å². The highest BCUT2D eigenvalue weighted by Crippen LogP contribution is 2.26. The summed E-state index contributed by atoms with van der Waals surface area (Å²) in [5, 5.41) is 0. The van der Waals surface area contributed by atoms with Crippen molar-refractivity contribution in [1.82, 2.24) is 0 Å². The van der Waals surface area contributed by atoms with Crippen LogP contribution < -0.4 is 0 Å². The molecule has 1 heteroatoms. The van der Waals surface area contributed by atoms with Gasteiger partial charge in [-0.15, -0.1) is 0 Å². The van der Waals surface area contributed by atoms with Crippen LogP contribution in [-0.2, 0) is 0 Å². The van der Waals surface area contributed by atoms with Crippen LogP contribution in [0, 0.1) is 12.8 Å². The number of hydrogen-bond acceptors (Lipinski definition) is 1. The summed E-state index contributed by atoms with van der Waals surface area (Å²) in [6, 6.07) is 0. The first kappa shape index (κ1) is 6.47. The SMILES string of the molecule is [CH2]CCC1CCSC1. The fourth-order valence-corrected chi connectivity index (χ4v) is 2.43. The first-order chi connectivity index (χ1) is 3.93. The first-order valence-electron chi connectivity index (χ1n) is 3.30. The van der Waals surface area contributed by atoms with E-state index in [2.05, 4.69) is 18.7 Å². The van der Waals surface area contributed by atoms with Crippen molar-refractivity contribution in [2.45, 2.75) is 19.3 Å². The smallest absolute Gasteiger partial charge is 0.00388 e. The minimum absolute atomic E-state index is 1.01. The zero-order valence-corrected chi connectivity index (χ0v) is 6.04. The summed E-state index contributed by atoms with van der Waals surface area (Å²) >= 11 is 2.09. The molecule has 1 atom stereocenters. The monoisotopic (exact) mass is 129 g/mol. The molecule has 0 spiro atoms. The van der Waals surface area contributed by atoms with Gasteiger partial charge in [0.2, 0.25) is 0 Å². The Hall–Kier alpha value is 0.350. The second-order valence-corrected chi connectivity index (χ2v) is 3.52. The lowest BCUT2D eigenvalue weighted by molar-refractivity contribution is 0.551. The molecule has 1 fully saturated rings. The molecule has 0 saturated carbocycles. The molecule has 1 heterocycles. The van der Waals surface area contributed by atoms with E-state index in [0.29, 0.717) is 0 Å². The normalized spacial score (nSPS) is 28.9. The van der Waals surface area contributed by atoms with Crippen LogP contribution in [0.1, 0.15) is 19.3 Å². The number of thioether (sulfide) groups is 1. The average Bonchev–Trinajstić information content (AvgIpc) is 2.19. The van der Waals surface area contributed by atoms with Crippen LogP contribution in [0.4, 0.5) is 0 Å². The van der Waals surface area contributed by atoms with Crippen molar-refractivity contribution in [2.75, 3.05) is 11.5 Å². The lowest BCUT2D eigenvalue weighted by Gasteiger charge is -2.02. The van der Waals surface area contributed by atoms with Crippen molar-refractivity contribution in [3.8, 4) is 0 Å². The first-order valence-corrected chi connectivity index (χ1v) is 4.46. The van der Waals surface area contributed by atoms with E-state index in [0.717, 1.165) is 12.3 Å². The molecule has 1 radical (unpaired) electrons. The average molecular weight is 129 g/mol. The third-order valence-corrected chi connectivity index (χ3v) is 2.87. The zero-order chi connectivity index (χ0) is 5.82. The zero-order valence-electron chi connectivity index (χ0n) is 5.23. The van der Waals surface area contributed by atoms with Crippen LogP contribution in [0.5, 0.6) is 0 Å². The van der Waals surface area contributed by atoms with E-state index in [1.165, 1.54) is 24.3 Å². The van der Waals surface area contributed by atoms with Gasteiger partial charge in [0.05, 0.1) is 0 Å². The van der Waals surface area contributed by atoms with Crippen molar-refractivity contribution in [3.63, 3.8) is 0 Å². The third kappa shape index (κ3) is 1.70. The molecule has 0 N–H and O–H groups in total. The van der Waals surface area contributed by atoms with Gasteiger partial charge in [-0.25, -0.2) is 0 Å². The molecular formula is C7H13S. The molecule has 1 aliphatic rings. The molecule has 1 aliphatic heterocycles. The lowest BCUT2D eigenvalue weighted by Crippen LogP contribution is -1.95. The highest BCUT2D eigenvalue weighted by Gasteiger charge is 2.13. The fraction of sp³-hybridized carbons (Fsp3) is 0.857. The van der Waals surface area contributed by atoms with E-state index in [1.54, 1.807) is 0 Å². The number of rotatable bonds is 2. The van der Waals surface area contributed by atoms with Crippen LogP contribution in [0.2, 0.25) is 0 Å². The predicted molar refractivity (Wildman–Crippen MR) is 40.0 cm³/mol. The lowest BCUT2D eigenvalue weighted by atomic mass is 10.0. The molecule has 0 aromatic carbocycles. The van der Waals surface area contributed by atoms with Crippen LogP contribution in [0.15, 0.2) is 0 Å². The Morgan fingerprint density at radius 2 is 2.50 bits per heavy atom. The summed E-state index contributed by atoms with van der Waals surface area (Å²) in [6.45, 7) is 3.84.